The van der Waals surface area contributed by atoms with Crippen LogP contribution in [0.15, 0.2) is 23.8 Å². The van der Waals surface area contributed by atoms with Gasteiger partial charge >= 0.3 is 0 Å². The van der Waals surface area contributed by atoms with Crippen LogP contribution in [0.1, 0.15) is 24.6 Å². The average molecular weight is 319 g/mol. The summed E-state index contributed by atoms with van der Waals surface area (Å²) in [7, 11) is 0. The molecule has 0 aromatic carbocycles. The summed E-state index contributed by atoms with van der Waals surface area (Å²) in [4.78, 5) is 21.1. The third kappa shape index (κ3) is 3.36. The highest BCUT2D eigenvalue weighted by Gasteiger charge is 2.29. The fourth-order valence-electron chi connectivity index (χ4n) is 2.92. The first-order chi connectivity index (χ1) is 10.8. The lowest BCUT2D eigenvalue weighted by atomic mass is 9.95. The lowest BCUT2D eigenvalue weighted by Gasteiger charge is -2.32. The maximum absolute atomic E-state index is 12.7. The van der Waals surface area contributed by atoms with Crippen LogP contribution in [0.25, 0.3) is 0 Å². The molecule has 0 radical (unpaired) electrons. The quantitative estimate of drug-likeness (QED) is 0.917. The monoisotopic (exact) mass is 319 g/mol. The number of aromatic amines is 1. The van der Waals surface area contributed by atoms with Crippen LogP contribution in [0, 0.1) is 5.92 Å². The zero-order valence-corrected chi connectivity index (χ0v) is 13.6. The molecule has 2 aromatic rings. The molecule has 1 N–H and O–H groups in total. The Morgan fingerprint density at radius 3 is 2.91 bits per heavy atom. The molecule has 22 heavy (non-hydrogen) atoms. The van der Waals surface area contributed by atoms with Crippen molar-refractivity contribution in [3.8, 4) is 0 Å². The lowest BCUT2D eigenvalue weighted by Crippen LogP contribution is -2.42. The molecule has 1 aliphatic rings. The molecule has 0 saturated carbocycles. The minimum Gasteiger partial charge on any atom is -0.313 e. The number of hydrogen-bond acceptors (Lipinski definition) is 5. The molecule has 1 aliphatic heterocycles. The predicted molar refractivity (Wildman–Crippen MR) is 86.7 cm³/mol. The number of likely N-dealkylation sites (tertiary alicyclic amines) is 1. The Hall–Kier alpha value is -1.73. The smallest absolute Gasteiger partial charge is 0.232 e. The van der Waals surface area contributed by atoms with Crippen molar-refractivity contribution in [2.24, 2.45) is 5.92 Å². The Bertz CT molecular complexity index is 575. The summed E-state index contributed by atoms with van der Waals surface area (Å²) in [6.45, 7) is 5.53. The number of hydrogen-bond donors (Lipinski definition) is 1. The number of nitrogens with one attached hydrogen (secondary N) is 1. The summed E-state index contributed by atoms with van der Waals surface area (Å²) in [6, 6.07) is 4.26. The fraction of sp³-hybridized carbons (Fsp3) is 0.533. The van der Waals surface area contributed by atoms with Crippen molar-refractivity contribution in [2.75, 3.05) is 24.5 Å². The summed E-state index contributed by atoms with van der Waals surface area (Å²) in [5, 5.41) is 9.84. The van der Waals surface area contributed by atoms with E-state index in [4.69, 9.17) is 0 Å². The minimum atomic E-state index is 0.0876. The Kier molecular flexibility index (Phi) is 4.84. The number of amides is 1. The number of thiophene rings is 1. The molecule has 6 nitrogen and oxygen atoms in total. The van der Waals surface area contributed by atoms with Gasteiger partial charge in [0.1, 0.15) is 6.33 Å². The number of anilines is 1. The van der Waals surface area contributed by atoms with Crippen molar-refractivity contribution in [1.29, 1.82) is 0 Å². The second kappa shape index (κ2) is 7.02. The van der Waals surface area contributed by atoms with Crippen LogP contribution in [-0.2, 0) is 11.3 Å². The Labute approximate surface area is 134 Å². The molecule has 0 aliphatic carbocycles. The van der Waals surface area contributed by atoms with Crippen molar-refractivity contribution in [3.63, 3.8) is 0 Å². The van der Waals surface area contributed by atoms with E-state index in [2.05, 4.69) is 37.6 Å². The SMILES string of the molecule is CCN(C(=O)C1CCN(Cc2cccs2)CC1)c1nnc[nH]1. The van der Waals surface area contributed by atoms with Crippen LogP contribution in [0.4, 0.5) is 5.95 Å². The first-order valence-corrected chi connectivity index (χ1v) is 8.58. The van der Waals surface area contributed by atoms with Gasteiger partial charge in [0.15, 0.2) is 0 Å². The van der Waals surface area contributed by atoms with Gasteiger partial charge in [-0.15, -0.1) is 21.5 Å². The van der Waals surface area contributed by atoms with Crippen LogP contribution in [0.2, 0.25) is 0 Å². The van der Waals surface area contributed by atoms with Gasteiger partial charge in [0.2, 0.25) is 11.9 Å². The number of aromatic nitrogens is 3. The van der Waals surface area contributed by atoms with E-state index in [0.717, 1.165) is 32.5 Å². The number of nitrogens with zero attached hydrogens (tertiary/aromatic N) is 4. The fourth-order valence-corrected chi connectivity index (χ4v) is 3.67. The zero-order chi connectivity index (χ0) is 15.4. The third-order valence-corrected chi connectivity index (χ3v) is 5.00. The highest BCUT2D eigenvalue weighted by atomic mass is 32.1. The van der Waals surface area contributed by atoms with Crippen LogP contribution in [0.5, 0.6) is 0 Å². The molecule has 7 heteroatoms. The number of carbonyl (C=O) groups excluding carboxylic acids is 1. The van der Waals surface area contributed by atoms with E-state index in [1.807, 2.05) is 6.92 Å². The summed E-state index contributed by atoms with van der Waals surface area (Å²) in [5.41, 5.74) is 0. The molecule has 3 heterocycles. The second-order valence-corrected chi connectivity index (χ2v) is 6.56. The van der Waals surface area contributed by atoms with Crippen molar-refractivity contribution >= 4 is 23.2 Å². The first kappa shape index (κ1) is 15.2. The molecule has 1 saturated heterocycles. The van der Waals surface area contributed by atoms with E-state index in [9.17, 15) is 4.79 Å². The van der Waals surface area contributed by atoms with Crippen molar-refractivity contribution in [1.82, 2.24) is 20.1 Å². The summed E-state index contributed by atoms with van der Waals surface area (Å²) in [5.74, 6) is 0.799. The predicted octanol–water partition coefficient (Wildman–Crippen LogP) is 2.13. The van der Waals surface area contributed by atoms with E-state index in [-0.39, 0.29) is 11.8 Å². The van der Waals surface area contributed by atoms with E-state index >= 15 is 0 Å². The molecule has 1 amide bonds. The Balaban J connectivity index is 1.55. The Morgan fingerprint density at radius 2 is 2.32 bits per heavy atom. The molecular weight excluding hydrogens is 298 g/mol. The van der Waals surface area contributed by atoms with Gasteiger partial charge in [0.05, 0.1) is 0 Å². The zero-order valence-electron chi connectivity index (χ0n) is 12.7. The number of H-pyrrole nitrogens is 1. The molecule has 3 rings (SSSR count). The lowest BCUT2D eigenvalue weighted by molar-refractivity contribution is -0.123. The molecule has 1 fully saturated rings. The van der Waals surface area contributed by atoms with Gasteiger partial charge in [0, 0.05) is 23.9 Å². The largest absolute Gasteiger partial charge is 0.313 e. The maximum atomic E-state index is 12.7. The molecule has 0 spiro atoms. The van der Waals surface area contributed by atoms with E-state index in [1.54, 1.807) is 16.2 Å². The number of rotatable bonds is 5. The van der Waals surface area contributed by atoms with Crippen LogP contribution in [0.3, 0.4) is 0 Å². The number of piperidine rings is 1. The summed E-state index contributed by atoms with van der Waals surface area (Å²) >= 11 is 1.79. The Morgan fingerprint density at radius 1 is 1.50 bits per heavy atom. The number of carbonyl (C=O) groups is 1. The molecule has 0 atom stereocenters. The summed E-state index contributed by atoms with van der Waals surface area (Å²) in [6.07, 6.45) is 3.33. The van der Waals surface area contributed by atoms with Gasteiger partial charge < -0.3 is 4.98 Å². The van der Waals surface area contributed by atoms with E-state index < -0.39 is 0 Å². The highest BCUT2D eigenvalue weighted by Crippen LogP contribution is 2.23. The normalized spacial score (nSPS) is 16.8. The van der Waals surface area contributed by atoms with Gasteiger partial charge in [-0.25, -0.2) is 0 Å². The van der Waals surface area contributed by atoms with Crippen LogP contribution < -0.4 is 4.90 Å². The second-order valence-electron chi connectivity index (χ2n) is 5.52. The van der Waals surface area contributed by atoms with Crippen LogP contribution in [-0.4, -0.2) is 45.6 Å². The summed E-state index contributed by atoms with van der Waals surface area (Å²) < 4.78 is 0. The maximum Gasteiger partial charge on any atom is 0.232 e. The molecule has 118 valence electrons. The minimum absolute atomic E-state index is 0.0876. The van der Waals surface area contributed by atoms with Crippen molar-refractivity contribution in [3.05, 3.63) is 28.7 Å². The molecule has 0 unspecified atom stereocenters. The van der Waals surface area contributed by atoms with E-state index in [1.165, 1.54) is 11.2 Å². The van der Waals surface area contributed by atoms with Gasteiger partial charge in [-0.2, -0.15) is 0 Å². The molecule has 0 bridgehead atoms. The van der Waals surface area contributed by atoms with Gasteiger partial charge in [-0.1, -0.05) is 6.07 Å². The van der Waals surface area contributed by atoms with E-state index in [0.29, 0.717) is 12.5 Å². The highest BCUT2D eigenvalue weighted by molar-refractivity contribution is 7.09. The van der Waals surface area contributed by atoms with Crippen molar-refractivity contribution in [2.45, 2.75) is 26.3 Å². The average Bonchev–Trinajstić information content (AvgIpc) is 3.22. The van der Waals surface area contributed by atoms with Gasteiger partial charge in [0.25, 0.3) is 0 Å². The van der Waals surface area contributed by atoms with Crippen molar-refractivity contribution < 1.29 is 4.79 Å². The standard InChI is InChI=1S/C15H21N5OS/c1-2-20(15-16-11-17-18-15)14(21)12-5-7-19(8-6-12)10-13-4-3-9-22-13/h3-4,9,11-12H,2,5-8,10H2,1H3,(H,16,17,18). The van der Waals surface area contributed by atoms with Gasteiger partial charge in [-0.05, 0) is 44.3 Å². The molecular formula is C15H21N5OS. The topological polar surface area (TPSA) is 65.1 Å². The first-order valence-electron chi connectivity index (χ1n) is 7.70. The van der Waals surface area contributed by atoms with Gasteiger partial charge in [-0.3, -0.25) is 14.6 Å². The molecule has 2 aromatic heterocycles. The third-order valence-electron chi connectivity index (χ3n) is 4.14. The van der Waals surface area contributed by atoms with Crippen LogP contribution >= 0.6 is 11.3 Å².